The summed E-state index contributed by atoms with van der Waals surface area (Å²) in [6.07, 6.45) is 3.60. The number of nitrogens with zero attached hydrogens (tertiary/aromatic N) is 3. The van der Waals surface area contributed by atoms with Crippen molar-refractivity contribution in [2.45, 2.75) is 0 Å². The Hall–Kier alpha value is -8.11. The van der Waals surface area contributed by atoms with E-state index in [0.717, 1.165) is 33.4 Å². The number of pyridine rings is 1. The molecule has 3 nitrogen and oxygen atoms in total. The lowest BCUT2D eigenvalue weighted by Crippen LogP contribution is -1.90. The molecule has 0 aliphatic rings. The Labute approximate surface area is 335 Å². The number of hydrogen-bond donors (Lipinski definition) is 0. The van der Waals surface area contributed by atoms with E-state index in [1.54, 1.807) is 12.2 Å². The van der Waals surface area contributed by atoms with Gasteiger partial charge in [0.25, 0.3) is 0 Å². The summed E-state index contributed by atoms with van der Waals surface area (Å²) in [5, 5.41) is 35.6. The van der Waals surface area contributed by atoms with Gasteiger partial charge in [-0.3, -0.25) is 0 Å². The molecule has 1 aromatic heterocycles. The fraction of sp³-hybridized carbons (Fsp3) is 0. The van der Waals surface area contributed by atoms with Crippen LogP contribution in [0.15, 0.2) is 176 Å². The third-order valence-electron chi connectivity index (χ3n) is 11.6. The molecule has 0 aliphatic heterocycles. The van der Waals surface area contributed by atoms with Gasteiger partial charge >= 0.3 is 0 Å². The van der Waals surface area contributed by atoms with Gasteiger partial charge in [0, 0.05) is 0 Å². The van der Waals surface area contributed by atoms with Crippen LogP contribution in [0.3, 0.4) is 0 Å². The van der Waals surface area contributed by atoms with Crippen molar-refractivity contribution in [2.75, 3.05) is 0 Å². The van der Waals surface area contributed by atoms with Crippen LogP contribution in [0.25, 0.3) is 110 Å². The first-order valence-electron chi connectivity index (χ1n) is 19.4. The van der Waals surface area contributed by atoms with E-state index in [-0.39, 0.29) is 0 Å². The summed E-state index contributed by atoms with van der Waals surface area (Å²) in [4.78, 5) is 4.81. The quantitative estimate of drug-likeness (QED) is 0.126. The van der Waals surface area contributed by atoms with Crippen LogP contribution in [0.4, 0.5) is 0 Å². The highest BCUT2D eigenvalue weighted by molar-refractivity contribution is 6.25. The fourth-order valence-corrected chi connectivity index (χ4v) is 8.81. The third kappa shape index (κ3) is 5.54. The maximum atomic E-state index is 10.2. The SMILES string of the molecule is N#C/C(=C\c1cccc(/C=C(\C#N)c2ccc(-c3cc4ccc5cccc6ccc(c3)c4c56)cc2)n1)c1ccc(-c2cc3ccc4cccc5ccc(c2)c3c45)cc1. The molecule has 58 heavy (non-hydrogen) atoms. The van der Waals surface area contributed by atoms with E-state index in [4.69, 9.17) is 4.98 Å². The highest BCUT2D eigenvalue weighted by Gasteiger charge is 2.13. The van der Waals surface area contributed by atoms with Gasteiger partial charge in [0.15, 0.2) is 0 Å². The number of benzene rings is 10. The van der Waals surface area contributed by atoms with E-state index in [9.17, 15) is 10.5 Å². The lowest BCUT2D eigenvalue weighted by molar-refractivity contribution is 1.27. The summed E-state index contributed by atoms with van der Waals surface area (Å²) in [5.41, 5.74) is 8.38. The Bertz CT molecular complexity index is 3200. The van der Waals surface area contributed by atoms with Crippen molar-refractivity contribution in [2.24, 2.45) is 0 Å². The highest BCUT2D eigenvalue weighted by atomic mass is 14.7. The Balaban J connectivity index is 0.855. The molecule has 0 saturated carbocycles. The highest BCUT2D eigenvalue weighted by Crippen LogP contribution is 2.39. The first-order valence-corrected chi connectivity index (χ1v) is 19.4. The minimum Gasteiger partial charge on any atom is -0.249 e. The van der Waals surface area contributed by atoms with E-state index in [1.807, 2.05) is 42.5 Å². The average Bonchev–Trinajstić information content (AvgIpc) is 3.28. The fourth-order valence-electron chi connectivity index (χ4n) is 8.81. The van der Waals surface area contributed by atoms with E-state index >= 15 is 0 Å². The minimum absolute atomic E-state index is 0.513. The summed E-state index contributed by atoms with van der Waals surface area (Å²) >= 11 is 0. The van der Waals surface area contributed by atoms with E-state index in [2.05, 4.69) is 146 Å². The Morgan fingerprint density at radius 2 is 0.655 bits per heavy atom. The molecule has 266 valence electrons. The molecule has 0 unspecified atom stereocenters. The zero-order valence-corrected chi connectivity index (χ0v) is 31.2. The van der Waals surface area contributed by atoms with Crippen LogP contribution in [0, 0.1) is 22.7 Å². The molecule has 0 spiro atoms. The van der Waals surface area contributed by atoms with Crippen molar-refractivity contribution in [1.29, 1.82) is 10.5 Å². The summed E-state index contributed by atoms with van der Waals surface area (Å²) in [7, 11) is 0. The topological polar surface area (TPSA) is 60.5 Å². The minimum atomic E-state index is 0.513. The summed E-state index contributed by atoms with van der Waals surface area (Å²) in [6.45, 7) is 0. The Kier molecular flexibility index (Phi) is 7.61. The van der Waals surface area contributed by atoms with Crippen LogP contribution in [0.2, 0.25) is 0 Å². The monoisotopic (exact) mass is 733 g/mol. The molecule has 3 heteroatoms. The molecule has 0 bridgehead atoms. The van der Waals surface area contributed by atoms with Gasteiger partial charge in [0.05, 0.1) is 34.7 Å². The molecule has 0 atom stereocenters. The third-order valence-corrected chi connectivity index (χ3v) is 11.6. The molecule has 11 aromatic rings. The molecule has 10 aromatic carbocycles. The molecule has 11 rings (SSSR count). The number of aromatic nitrogens is 1. The van der Waals surface area contributed by atoms with Crippen LogP contribution in [-0.4, -0.2) is 4.98 Å². The van der Waals surface area contributed by atoms with Gasteiger partial charge in [-0.1, -0.05) is 140 Å². The van der Waals surface area contributed by atoms with Crippen molar-refractivity contribution in [3.63, 3.8) is 0 Å². The van der Waals surface area contributed by atoms with Gasteiger partial charge < -0.3 is 0 Å². The van der Waals surface area contributed by atoms with Gasteiger partial charge in [0.2, 0.25) is 0 Å². The van der Waals surface area contributed by atoms with E-state index in [0.29, 0.717) is 22.5 Å². The molecule has 0 radical (unpaired) electrons. The van der Waals surface area contributed by atoms with Crippen molar-refractivity contribution >= 4 is 87.9 Å². The van der Waals surface area contributed by atoms with E-state index < -0.39 is 0 Å². The van der Waals surface area contributed by atoms with Crippen LogP contribution in [-0.2, 0) is 0 Å². The zero-order valence-electron chi connectivity index (χ0n) is 31.2. The number of hydrogen-bond acceptors (Lipinski definition) is 3. The average molecular weight is 734 g/mol. The first kappa shape index (κ1) is 33.2. The van der Waals surface area contributed by atoms with Gasteiger partial charge in [-0.2, -0.15) is 10.5 Å². The van der Waals surface area contributed by atoms with Crippen LogP contribution in [0.1, 0.15) is 22.5 Å². The summed E-state index contributed by atoms with van der Waals surface area (Å²) in [6, 6.07) is 66.3. The maximum Gasteiger partial charge on any atom is 0.0998 e. The van der Waals surface area contributed by atoms with Crippen molar-refractivity contribution in [1.82, 2.24) is 4.98 Å². The number of nitriles is 2. The second-order valence-electron chi connectivity index (χ2n) is 15.0. The predicted molar refractivity (Wildman–Crippen MR) is 242 cm³/mol. The zero-order chi connectivity index (χ0) is 38.7. The molecular weight excluding hydrogens is 703 g/mol. The Morgan fingerprint density at radius 1 is 0.345 bits per heavy atom. The smallest absolute Gasteiger partial charge is 0.0998 e. The maximum absolute atomic E-state index is 10.2. The first-order chi connectivity index (χ1) is 28.6. The lowest BCUT2D eigenvalue weighted by atomic mass is 9.91. The Morgan fingerprint density at radius 3 is 1.00 bits per heavy atom. The van der Waals surface area contributed by atoms with Crippen molar-refractivity contribution in [3.8, 4) is 34.4 Å². The molecule has 0 fully saturated rings. The van der Waals surface area contributed by atoms with Gasteiger partial charge in [0.1, 0.15) is 0 Å². The summed E-state index contributed by atoms with van der Waals surface area (Å²) in [5.74, 6) is 0. The molecule has 0 N–H and O–H groups in total. The van der Waals surface area contributed by atoms with E-state index in [1.165, 1.54) is 64.6 Å². The molecule has 1 heterocycles. The second-order valence-corrected chi connectivity index (χ2v) is 15.0. The largest absolute Gasteiger partial charge is 0.249 e. The standard InChI is InChI=1S/C55H31N3/c56-32-48(36-14-10-34(11-15-36)46-26-42-22-18-38-4-1-5-39-19-23-43(27-46)54(42)52(38)39)30-50-8-3-9-51(58-50)31-49(33-57)37-16-12-35(13-17-37)47-28-44-24-20-40-6-2-7-41-21-25-45(29-47)55(44)53(40)41/h1-31H/b48-30+,49-31+. The molecule has 0 saturated heterocycles. The number of rotatable bonds is 6. The normalized spacial score (nSPS) is 12.3. The van der Waals surface area contributed by atoms with Gasteiger partial charge in [-0.05, 0) is 147 Å². The second kappa shape index (κ2) is 13.3. The summed E-state index contributed by atoms with van der Waals surface area (Å²) < 4.78 is 0. The van der Waals surface area contributed by atoms with Crippen LogP contribution < -0.4 is 0 Å². The van der Waals surface area contributed by atoms with Crippen molar-refractivity contribution < 1.29 is 0 Å². The van der Waals surface area contributed by atoms with Gasteiger partial charge in [-0.15, -0.1) is 0 Å². The van der Waals surface area contributed by atoms with Crippen LogP contribution in [0.5, 0.6) is 0 Å². The molecular formula is C55H31N3. The molecule has 0 aliphatic carbocycles. The van der Waals surface area contributed by atoms with Crippen molar-refractivity contribution in [3.05, 3.63) is 198 Å². The lowest BCUT2D eigenvalue weighted by Gasteiger charge is -2.13. The van der Waals surface area contributed by atoms with Crippen LogP contribution >= 0.6 is 0 Å². The van der Waals surface area contributed by atoms with Gasteiger partial charge in [-0.25, -0.2) is 4.98 Å². The number of allylic oxidation sites excluding steroid dienone is 2. The molecule has 0 amide bonds. The predicted octanol–water partition coefficient (Wildman–Crippen LogP) is 14.3.